The number of rotatable bonds is 5. The predicted octanol–water partition coefficient (Wildman–Crippen LogP) is 3.32. The number of nitrogens with zero attached hydrogens (tertiary/aromatic N) is 3. The SMILES string of the molecule is NC(=O)c1ccc(Nc2ccnc3ccccc23)cc1Cn1ccnc1. The van der Waals surface area contributed by atoms with E-state index < -0.39 is 5.91 Å². The van der Waals surface area contributed by atoms with E-state index in [0.717, 1.165) is 27.8 Å². The second kappa shape index (κ2) is 6.68. The molecule has 26 heavy (non-hydrogen) atoms. The molecule has 0 spiro atoms. The molecule has 4 aromatic rings. The number of fused-ring (bicyclic) bond motifs is 1. The van der Waals surface area contributed by atoms with Crippen molar-refractivity contribution in [3.8, 4) is 0 Å². The van der Waals surface area contributed by atoms with E-state index in [4.69, 9.17) is 5.73 Å². The third-order valence-corrected chi connectivity index (χ3v) is 4.21. The van der Waals surface area contributed by atoms with Crippen molar-refractivity contribution in [2.24, 2.45) is 5.73 Å². The monoisotopic (exact) mass is 343 g/mol. The number of primary amides is 1. The summed E-state index contributed by atoms with van der Waals surface area (Å²) in [6.45, 7) is 0.519. The highest BCUT2D eigenvalue weighted by Gasteiger charge is 2.10. The number of benzene rings is 2. The molecule has 0 aliphatic carbocycles. The molecule has 0 saturated carbocycles. The van der Waals surface area contributed by atoms with Gasteiger partial charge >= 0.3 is 0 Å². The smallest absolute Gasteiger partial charge is 0.249 e. The van der Waals surface area contributed by atoms with Gasteiger partial charge in [0.15, 0.2) is 0 Å². The largest absolute Gasteiger partial charge is 0.366 e. The van der Waals surface area contributed by atoms with Gasteiger partial charge in [-0.2, -0.15) is 0 Å². The lowest BCUT2D eigenvalue weighted by atomic mass is 10.1. The number of anilines is 2. The predicted molar refractivity (Wildman–Crippen MR) is 101 cm³/mol. The van der Waals surface area contributed by atoms with E-state index in [-0.39, 0.29) is 0 Å². The van der Waals surface area contributed by atoms with Crippen LogP contribution in [0.4, 0.5) is 11.4 Å². The summed E-state index contributed by atoms with van der Waals surface area (Å²) >= 11 is 0. The van der Waals surface area contributed by atoms with Crippen molar-refractivity contribution in [1.82, 2.24) is 14.5 Å². The normalized spacial score (nSPS) is 10.8. The van der Waals surface area contributed by atoms with Gasteiger partial charge < -0.3 is 15.6 Å². The molecular weight excluding hydrogens is 326 g/mol. The molecule has 0 radical (unpaired) electrons. The number of para-hydroxylation sites is 1. The molecule has 2 heterocycles. The molecule has 0 saturated heterocycles. The van der Waals surface area contributed by atoms with Crippen molar-refractivity contribution < 1.29 is 4.79 Å². The van der Waals surface area contributed by atoms with Crippen LogP contribution in [-0.2, 0) is 6.54 Å². The van der Waals surface area contributed by atoms with Gasteiger partial charge in [-0.1, -0.05) is 18.2 Å². The molecule has 4 rings (SSSR count). The Kier molecular flexibility index (Phi) is 4.07. The van der Waals surface area contributed by atoms with Gasteiger partial charge in [0.2, 0.25) is 5.91 Å². The molecule has 2 aromatic heterocycles. The second-order valence-corrected chi connectivity index (χ2v) is 5.97. The van der Waals surface area contributed by atoms with E-state index in [9.17, 15) is 4.79 Å². The summed E-state index contributed by atoms with van der Waals surface area (Å²) in [5, 5.41) is 4.45. The van der Waals surface area contributed by atoms with Crippen LogP contribution >= 0.6 is 0 Å². The van der Waals surface area contributed by atoms with Crippen LogP contribution in [0, 0.1) is 0 Å². The minimum Gasteiger partial charge on any atom is -0.366 e. The van der Waals surface area contributed by atoms with E-state index >= 15 is 0 Å². The Hall–Kier alpha value is -3.67. The van der Waals surface area contributed by atoms with Crippen molar-refractivity contribution in [1.29, 1.82) is 0 Å². The van der Waals surface area contributed by atoms with Crippen LogP contribution < -0.4 is 11.1 Å². The van der Waals surface area contributed by atoms with Crippen LogP contribution in [0.15, 0.2) is 73.4 Å². The summed E-state index contributed by atoms with van der Waals surface area (Å²) in [4.78, 5) is 20.2. The molecule has 3 N–H and O–H groups in total. The number of hydrogen-bond acceptors (Lipinski definition) is 4. The lowest BCUT2D eigenvalue weighted by Gasteiger charge is -2.13. The molecule has 0 bridgehead atoms. The number of aromatic nitrogens is 3. The highest BCUT2D eigenvalue weighted by molar-refractivity contribution is 5.96. The maximum absolute atomic E-state index is 11.8. The minimum absolute atomic E-state index is 0.443. The van der Waals surface area contributed by atoms with Crippen LogP contribution in [-0.4, -0.2) is 20.4 Å². The van der Waals surface area contributed by atoms with Crippen LogP contribution in [0.2, 0.25) is 0 Å². The number of amides is 1. The third-order valence-electron chi connectivity index (χ3n) is 4.21. The van der Waals surface area contributed by atoms with E-state index in [1.165, 1.54) is 0 Å². The van der Waals surface area contributed by atoms with Gasteiger partial charge in [-0.15, -0.1) is 0 Å². The van der Waals surface area contributed by atoms with Crippen LogP contribution in [0.3, 0.4) is 0 Å². The summed E-state index contributed by atoms with van der Waals surface area (Å²) < 4.78 is 1.90. The van der Waals surface area contributed by atoms with Gasteiger partial charge in [0.25, 0.3) is 0 Å². The number of nitrogens with two attached hydrogens (primary N) is 1. The zero-order valence-corrected chi connectivity index (χ0v) is 14.0. The Balaban J connectivity index is 1.71. The van der Waals surface area contributed by atoms with Crippen molar-refractivity contribution in [3.05, 3.63) is 84.6 Å². The zero-order chi connectivity index (χ0) is 17.9. The molecule has 0 aliphatic rings. The van der Waals surface area contributed by atoms with Gasteiger partial charge in [-0.25, -0.2) is 4.98 Å². The first kappa shape index (κ1) is 15.8. The van der Waals surface area contributed by atoms with Crippen LogP contribution in [0.5, 0.6) is 0 Å². The quantitative estimate of drug-likeness (QED) is 0.582. The zero-order valence-electron chi connectivity index (χ0n) is 14.0. The number of hydrogen-bond donors (Lipinski definition) is 2. The maximum atomic E-state index is 11.8. The van der Waals surface area contributed by atoms with Gasteiger partial charge in [-0.3, -0.25) is 9.78 Å². The highest BCUT2D eigenvalue weighted by atomic mass is 16.1. The van der Waals surface area contributed by atoms with E-state index in [0.29, 0.717) is 12.1 Å². The van der Waals surface area contributed by atoms with Gasteiger partial charge in [-0.05, 0) is 35.9 Å². The molecule has 0 fully saturated rings. The number of pyridine rings is 1. The van der Waals surface area contributed by atoms with Gasteiger partial charge in [0, 0.05) is 47.5 Å². The Morgan fingerprint density at radius 2 is 2.00 bits per heavy atom. The van der Waals surface area contributed by atoms with E-state index in [1.54, 1.807) is 24.8 Å². The Morgan fingerprint density at radius 3 is 2.81 bits per heavy atom. The summed E-state index contributed by atoms with van der Waals surface area (Å²) in [5.74, 6) is -0.443. The molecule has 0 unspecified atom stereocenters. The average Bonchev–Trinajstić information content (AvgIpc) is 3.15. The van der Waals surface area contributed by atoms with Crippen molar-refractivity contribution in [2.75, 3.05) is 5.32 Å². The standard InChI is InChI=1S/C20H17N5O/c21-20(26)16-6-5-15(11-14(16)12-25-10-9-22-13-25)24-19-7-8-23-18-4-2-1-3-17(18)19/h1-11,13H,12H2,(H2,21,26)(H,23,24). The molecule has 6 nitrogen and oxygen atoms in total. The fourth-order valence-corrected chi connectivity index (χ4v) is 2.98. The molecule has 1 amide bonds. The fraction of sp³-hybridized carbons (Fsp3) is 0.0500. The molecule has 128 valence electrons. The topological polar surface area (TPSA) is 85.8 Å². The number of carbonyl (C=O) groups excluding carboxylic acids is 1. The fourth-order valence-electron chi connectivity index (χ4n) is 2.98. The Bertz CT molecular complexity index is 1070. The van der Waals surface area contributed by atoms with Crippen LogP contribution in [0.1, 0.15) is 15.9 Å². The first-order valence-electron chi connectivity index (χ1n) is 8.20. The number of imidazole rings is 1. The molecule has 2 aromatic carbocycles. The van der Waals surface area contributed by atoms with E-state index in [1.807, 2.05) is 53.2 Å². The molecule has 6 heteroatoms. The third kappa shape index (κ3) is 3.12. The molecular formula is C20H17N5O. The Morgan fingerprint density at radius 1 is 1.12 bits per heavy atom. The van der Waals surface area contributed by atoms with Crippen LogP contribution in [0.25, 0.3) is 10.9 Å². The maximum Gasteiger partial charge on any atom is 0.249 e. The Labute approximate surface area is 150 Å². The van der Waals surface area contributed by atoms with Crippen molar-refractivity contribution >= 4 is 28.2 Å². The average molecular weight is 343 g/mol. The lowest BCUT2D eigenvalue weighted by molar-refractivity contribution is 0.0999. The first-order chi connectivity index (χ1) is 12.7. The van der Waals surface area contributed by atoms with Gasteiger partial charge in [0.05, 0.1) is 11.8 Å². The molecule has 0 atom stereocenters. The first-order valence-corrected chi connectivity index (χ1v) is 8.20. The van der Waals surface area contributed by atoms with Crippen molar-refractivity contribution in [2.45, 2.75) is 6.54 Å². The minimum atomic E-state index is -0.443. The highest BCUT2D eigenvalue weighted by Crippen LogP contribution is 2.26. The summed E-state index contributed by atoms with van der Waals surface area (Å²) in [6.07, 6.45) is 7.03. The summed E-state index contributed by atoms with van der Waals surface area (Å²) in [7, 11) is 0. The van der Waals surface area contributed by atoms with Gasteiger partial charge in [0.1, 0.15) is 0 Å². The number of carbonyl (C=O) groups is 1. The summed E-state index contributed by atoms with van der Waals surface area (Å²) in [6, 6.07) is 15.4. The lowest BCUT2D eigenvalue weighted by Crippen LogP contribution is -2.15. The van der Waals surface area contributed by atoms with Crippen molar-refractivity contribution in [3.63, 3.8) is 0 Å². The summed E-state index contributed by atoms with van der Waals surface area (Å²) in [5.41, 5.74) is 9.62. The van der Waals surface area contributed by atoms with E-state index in [2.05, 4.69) is 15.3 Å². The second-order valence-electron chi connectivity index (χ2n) is 5.97. The number of nitrogens with one attached hydrogen (secondary N) is 1. The molecule has 0 aliphatic heterocycles.